The maximum absolute atomic E-state index is 13.1. The van der Waals surface area contributed by atoms with Crippen LogP contribution in [0, 0.1) is 17.0 Å². The third kappa shape index (κ3) is 2.91. The molecular weight excluding hydrogens is 285 g/mol. The Balaban J connectivity index is 3.21. The molecule has 4 heteroatoms. The minimum Gasteiger partial charge on any atom is -0.204 e. The fourth-order valence-corrected chi connectivity index (χ4v) is 1.97. The van der Waals surface area contributed by atoms with E-state index in [4.69, 9.17) is 11.6 Å². The molecule has 0 saturated carbocycles. The fourth-order valence-electron chi connectivity index (χ4n) is 1.20. The molecule has 0 nitrogen and oxygen atoms in total. The zero-order valence-corrected chi connectivity index (χ0v) is 11.1. The Hall–Kier alpha value is -0.150. The van der Waals surface area contributed by atoms with Crippen molar-refractivity contribution in [2.75, 3.05) is 0 Å². The molecule has 0 aliphatic heterocycles. The predicted octanol–water partition coefficient (Wildman–Crippen LogP) is 5.10. The third-order valence-corrected chi connectivity index (χ3v) is 4.27. The Kier molecular flexibility index (Phi) is 3.77. The molecule has 0 spiro atoms. The molecule has 1 unspecified atom stereocenters. The molecule has 84 valence electrons. The molecule has 0 fully saturated rings. The first kappa shape index (κ1) is 12.9. The molecule has 0 aliphatic rings. The molecular formula is C11H12BrClF2. The summed E-state index contributed by atoms with van der Waals surface area (Å²) in [6.45, 7) is 5.97. The summed E-state index contributed by atoms with van der Waals surface area (Å²) in [5.41, 5.74) is 0.455. The van der Waals surface area contributed by atoms with Gasteiger partial charge in [-0.25, -0.2) is 8.78 Å². The first-order valence-electron chi connectivity index (χ1n) is 4.52. The van der Waals surface area contributed by atoms with Crippen LogP contribution in [0.25, 0.3) is 0 Å². The molecule has 0 bridgehead atoms. The maximum Gasteiger partial charge on any atom is 0.160 e. The van der Waals surface area contributed by atoms with Crippen molar-refractivity contribution >= 4 is 27.5 Å². The minimum atomic E-state index is -0.919. The lowest BCUT2D eigenvalue weighted by Gasteiger charge is -2.26. The fraction of sp³-hybridized carbons (Fsp3) is 0.455. The third-order valence-electron chi connectivity index (χ3n) is 2.07. The monoisotopic (exact) mass is 296 g/mol. The van der Waals surface area contributed by atoms with Gasteiger partial charge in [0.25, 0.3) is 0 Å². The van der Waals surface area contributed by atoms with Crippen molar-refractivity contribution in [2.24, 2.45) is 5.41 Å². The quantitative estimate of drug-likeness (QED) is 0.500. The standard InChI is InChI=1S/C11H12BrClF2/c1-11(2,3)10(12)6-4-8(14)9(15)5-7(6)13/h4-5,10H,1-3H3. The minimum absolute atomic E-state index is 0.117. The predicted molar refractivity (Wildman–Crippen MR) is 62.5 cm³/mol. The zero-order chi connectivity index (χ0) is 11.8. The van der Waals surface area contributed by atoms with Crippen LogP contribution in [0.15, 0.2) is 12.1 Å². The van der Waals surface area contributed by atoms with E-state index in [0.717, 1.165) is 12.1 Å². The van der Waals surface area contributed by atoms with Gasteiger partial charge in [-0.3, -0.25) is 0 Å². The van der Waals surface area contributed by atoms with Crippen LogP contribution in [0.3, 0.4) is 0 Å². The Morgan fingerprint density at radius 2 is 1.67 bits per heavy atom. The highest BCUT2D eigenvalue weighted by molar-refractivity contribution is 9.09. The van der Waals surface area contributed by atoms with Crippen LogP contribution in [0.5, 0.6) is 0 Å². The second-order valence-corrected chi connectivity index (χ2v) is 5.84. The van der Waals surface area contributed by atoms with Crippen molar-refractivity contribution in [2.45, 2.75) is 25.6 Å². The van der Waals surface area contributed by atoms with E-state index in [-0.39, 0.29) is 15.3 Å². The van der Waals surface area contributed by atoms with E-state index in [1.165, 1.54) is 0 Å². The summed E-state index contributed by atoms with van der Waals surface area (Å²) in [6, 6.07) is 2.15. The smallest absolute Gasteiger partial charge is 0.160 e. The molecule has 0 aromatic heterocycles. The van der Waals surface area contributed by atoms with Gasteiger partial charge < -0.3 is 0 Å². The van der Waals surface area contributed by atoms with Gasteiger partial charge >= 0.3 is 0 Å². The first-order chi connectivity index (χ1) is 6.73. The molecule has 0 saturated heterocycles. The molecule has 0 heterocycles. The van der Waals surface area contributed by atoms with E-state index >= 15 is 0 Å². The van der Waals surface area contributed by atoms with E-state index in [1.807, 2.05) is 20.8 Å². The summed E-state index contributed by atoms with van der Waals surface area (Å²) in [5.74, 6) is -1.79. The van der Waals surface area contributed by atoms with Gasteiger partial charge in [-0.05, 0) is 23.1 Å². The molecule has 1 aromatic rings. The highest BCUT2D eigenvalue weighted by Crippen LogP contribution is 2.43. The lowest BCUT2D eigenvalue weighted by atomic mass is 9.88. The van der Waals surface area contributed by atoms with Crippen molar-refractivity contribution in [3.8, 4) is 0 Å². The summed E-state index contributed by atoms with van der Waals surface area (Å²) in [4.78, 5) is -0.118. The van der Waals surface area contributed by atoms with E-state index in [2.05, 4.69) is 15.9 Å². The van der Waals surface area contributed by atoms with Crippen LogP contribution < -0.4 is 0 Å². The SMILES string of the molecule is CC(C)(C)C(Br)c1cc(F)c(F)cc1Cl. The van der Waals surface area contributed by atoms with Gasteiger partial charge in [0.1, 0.15) is 0 Å². The molecule has 1 atom stereocenters. The topological polar surface area (TPSA) is 0 Å². The second-order valence-electron chi connectivity index (χ2n) is 4.52. The average Bonchev–Trinajstić information content (AvgIpc) is 2.08. The number of alkyl halides is 1. The molecule has 0 radical (unpaired) electrons. The molecule has 1 rings (SSSR count). The number of rotatable bonds is 1. The van der Waals surface area contributed by atoms with Gasteiger partial charge in [-0.1, -0.05) is 48.3 Å². The molecule has 0 N–H and O–H groups in total. The van der Waals surface area contributed by atoms with Crippen molar-refractivity contribution < 1.29 is 8.78 Å². The van der Waals surface area contributed by atoms with Crippen molar-refractivity contribution in [1.29, 1.82) is 0 Å². The van der Waals surface area contributed by atoms with E-state index in [0.29, 0.717) is 5.56 Å². The first-order valence-corrected chi connectivity index (χ1v) is 5.81. The zero-order valence-electron chi connectivity index (χ0n) is 8.74. The highest BCUT2D eigenvalue weighted by atomic mass is 79.9. The Bertz CT molecular complexity index is 372. The number of hydrogen-bond acceptors (Lipinski definition) is 0. The van der Waals surface area contributed by atoms with Crippen molar-refractivity contribution in [3.63, 3.8) is 0 Å². The second kappa shape index (κ2) is 4.38. The number of benzene rings is 1. The maximum atomic E-state index is 13.1. The van der Waals surface area contributed by atoms with Gasteiger partial charge in [0.2, 0.25) is 0 Å². The van der Waals surface area contributed by atoms with E-state index in [1.54, 1.807) is 0 Å². The van der Waals surface area contributed by atoms with Crippen molar-refractivity contribution in [3.05, 3.63) is 34.4 Å². The van der Waals surface area contributed by atoms with Crippen LogP contribution in [-0.4, -0.2) is 0 Å². The lowest BCUT2D eigenvalue weighted by Crippen LogP contribution is -2.13. The summed E-state index contributed by atoms with van der Waals surface area (Å²) >= 11 is 9.31. The van der Waals surface area contributed by atoms with E-state index < -0.39 is 11.6 Å². The molecule has 0 aliphatic carbocycles. The molecule has 1 aromatic carbocycles. The summed E-state index contributed by atoms with van der Waals surface area (Å²) in [6.07, 6.45) is 0. The largest absolute Gasteiger partial charge is 0.204 e. The van der Waals surface area contributed by atoms with Gasteiger partial charge in [-0.2, -0.15) is 0 Å². The van der Waals surface area contributed by atoms with Gasteiger partial charge in [-0.15, -0.1) is 0 Å². The van der Waals surface area contributed by atoms with E-state index in [9.17, 15) is 8.78 Å². The molecule has 15 heavy (non-hydrogen) atoms. The Labute approximate surface area is 102 Å². The Morgan fingerprint density at radius 1 is 1.20 bits per heavy atom. The van der Waals surface area contributed by atoms with Gasteiger partial charge in [0.15, 0.2) is 11.6 Å². The van der Waals surface area contributed by atoms with Crippen LogP contribution in [0.4, 0.5) is 8.78 Å². The average molecular weight is 298 g/mol. The van der Waals surface area contributed by atoms with Crippen molar-refractivity contribution in [1.82, 2.24) is 0 Å². The van der Waals surface area contributed by atoms with Crippen LogP contribution in [0.2, 0.25) is 5.02 Å². The summed E-state index contributed by atoms with van der Waals surface area (Å²) in [7, 11) is 0. The highest BCUT2D eigenvalue weighted by Gasteiger charge is 2.26. The summed E-state index contributed by atoms with van der Waals surface area (Å²) in [5, 5.41) is 0.241. The van der Waals surface area contributed by atoms with Gasteiger partial charge in [0.05, 0.1) is 0 Å². The summed E-state index contributed by atoms with van der Waals surface area (Å²) < 4.78 is 25.9. The normalized spacial score (nSPS) is 14.1. The lowest BCUT2D eigenvalue weighted by molar-refractivity contribution is 0.405. The van der Waals surface area contributed by atoms with Crippen LogP contribution in [0.1, 0.15) is 31.2 Å². The van der Waals surface area contributed by atoms with Crippen LogP contribution >= 0.6 is 27.5 Å². The molecule has 0 amide bonds. The number of hydrogen-bond donors (Lipinski definition) is 0. The Morgan fingerprint density at radius 3 is 2.13 bits per heavy atom. The van der Waals surface area contributed by atoms with Gasteiger partial charge in [0, 0.05) is 9.85 Å². The number of halogens is 4. The van der Waals surface area contributed by atoms with Crippen LogP contribution in [-0.2, 0) is 0 Å².